The van der Waals surface area contributed by atoms with Crippen LogP contribution in [0.3, 0.4) is 0 Å². The van der Waals surface area contributed by atoms with E-state index < -0.39 is 0 Å². The molecule has 0 aromatic heterocycles. The lowest BCUT2D eigenvalue weighted by Crippen LogP contribution is -2.46. The molecule has 0 amide bonds. The summed E-state index contributed by atoms with van der Waals surface area (Å²) in [4.78, 5) is 3.57. The molecule has 2 aromatic rings. The maximum atomic E-state index is 6.52. The van der Waals surface area contributed by atoms with Gasteiger partial charge in [0.1, 0.15) is 0 Å². The SMILES string of the molecule is C=C/C=C(\C)SN1CCN(c2ccc(Cl)cc2Cl)C(c2ccc(Cl)cc2)C1.C=CCl.CC. The maximum Gasteiger partial charge on any atom is 0.0680 e. The van der Waals surface area contributed by atoms with E-state index in [0.29, 0.717) is 10.0 Å². The van der Waals surface area contributed by atoms with E-state index in [2.05, 4.69) is 41.4 Å². The van der Waals surface area contributed by atoms with E-state index >= 15 is 0 Å². The summed E-state index contributed by atoms with van der Waals surface area (Å²) in [6.45, 7) is 15.7. The van der Waals surface area contributed by atoms with Gasteiger partial charge in [0.15, 0.2) is 0 Å². The summed E-state index contributed by atoms with van der Waals surface area (Å²) in [6.07, 6.45) is 3.85. The minimum Gasteiger partial charge on any atom is -0.361 e. The Morgan fingerprint density at radius 1 is 1.00 bits per heavy atom. The summed E-state index contributed by atoms with van der Waals surface area (Å²) in [7, 11) is 0. The monoisotopic (exact) mass is 530 g/mol. The summed E-state index contributed by atoms with van der Waals surface area (Å²) < 4.78 is 2.38. The first-order chi connectivity index (χ1) is 15.4. The first kappa shape index (κ1) is 29.0. The lowest BCUT2D eigenvalue weighted by atomic mass is 10.0. The van der Waals surface area contributed by atoms with E-state index in [4.69, 9.17) is 46.4 Å². The fourth-order valence-electron chi connectivity index (χ4n) is 3.21. The molecule has 2 nitrogen and oxygen atoms in total. The van der Waals surface area contributed by atoms with Crippen molar-refractivity contribution in [2.75, 3.05) is 24.5 Å². The molecule has 0 spiro atoms. The Labute approximate surface area is 217 Å². The standard InChI is InChI=1S/C21H21Cl3N2S.C2H3Cl.C2H6/c1-3-4-15(2)27-25-11-12-26(20-10-9-18(23)13-19(20)24)21(14-25)16-5-7-17(22)8-6-16;1-2-3;1-2/h3-10,13,21H,1,11-12,14H2,2H3;2H,1H2;1-2H3/b15-4+;;. The van der Waals surface area contributed by atoms with Crippen molar-refractivity contribution < 1.29 is 0 Å². The number of hydrogen-bond donors (Lipinski definition) is 0. The second-order valence-electron chi connectivity index (χ2n) is 6.50. The molecule has 1 unspecified atom stereocenters. The molecule has 7 heteroatoms. The van der Waals surface area contributed by atoms with Gasteiger partial charge in [0.05, 0.1) is 16.8 Å². The molecule has 0 saturated carbocycles. The van der Waals surface area contributed by atoms with Gasteiger partial charge >= 0.3 is 0 Å². The number of nitrogens with zero attached hydrogens (tertiary/aromatic N) is 2. The number of halogens is 4. The van der Waals surface area contributed by atoms with E-state index in [0.717, 1.165) is 30.3 Å². The second kappa shape index (κ2) is 15.7. The minimum atomic E-state index is 0.165. The molecule has 1 saturated heterocycles. The van der Waals surface area contributed by atoms with Crippen molar-refractivity contribution in [2.24, 2.45) is 0 Å². The molecule has 3 rings (SSSR count). The highest BCUT2D eigenvalue weighted by atomic mass is 35.5. The predicted molar refractivity (Wildman–Crippen MR) is 149 cm³/mol. The van der Waals surface area contributed by atoms with Crippen LogP contribution in [0.5, 0.6) is 0 Å². The minimum absolute atomic E-state index is 0.165. The summed E-state index contributed by atoms with van der Waals surface area (Å²) in [5, 5.41) is 2.05. The van der Waals surface area contributed by atoms with Gasteiger partial charge < -0.3 is 4.90 Å². The quantitative estimate of drug-likeness (QED) is 0.280. The Morgan fingerprint density at radius 3 is 2.16 bits per heavy atom. The van der Waals surface area contributed by atoms with Crippen LogP contribution in [0.2, 0.25) is 15.1 Å². The number of hydrogen-bond acceptors (Lipinski definition) is 3. The molecule has 174 valence electrons. The van der Waals surface area contributed by atoms with Crippen molar-refractivity contribution in [3.8, 4) is 0 Å². The highest BCUT2D eigenvalue weighted by Gasteiger charge is 2.30. The zero-order chi connectivity index (χ0) is 24.1. The number of rotatable bonds is 5. The van der Waals surface area contributed by atoms with Gasteiger partial charge in [-0.15, -0.1) is 0 Å². The van der Waals surface area contributed by atoms with Crippen LogP contribution in [0.1, 0.15) is 32.4 Å². The van der Waals surface area contributed by atoms with Gasteiger partial charge in [-0.25, -0.2) is 4.31 Å². The van der Waals surface area contributed by atoms with Crippen LogP contribution >= 0.6 is 58.4 Å². The maximum absolute atomic E-state index is 6.52. The topological polar surface area (TPSA) is 6.48 Å². The van der Waals surface area contributed by atoms with E-state index in [1.54, 1.807) is 18.0 Å². The Morgan fingerprint density at radius 2 is 1.59 bits per heavy atom. The van der Waals surface area contributed by atoms with Gasteiger partial charge in [-0.3, -0.25) is 0 Å². The van der Waals surface area contributed by atoms with Crippen LogP contribution in [0, 0.1) is 0 Å². The second-order valence-corrected chi connectivity index (χ2v) is 9.43. The first-order valence-corrected chi connectivity index (χ1v) is 12.6. The van der Waals surface area contributed by atoms with Crippen LogP contribution in [0.4, 0.5) is 5.69 Å². The lowest BCUT2D eigenvalue weighted by Gasteiger charge is -2.43. The van der Waals surface area contributed by atoms with E-state index in [1.807, 2.05) is 50.3 Å². The molecule has 1 aliphatic rings. The third kappa shape index (κ3) is 9.05. The molecular formula is C25H30Cl4N2S. The van der Waals surface area contributed by atoms with Crippen LogP contribution in [0.25, 0.3) is 0 Å². The van der Waals surface area contributed by atoms with Gasteiger partial charge in [0, 0.05) is 29.7 Å². The third-order valence-electron chi connectivity index (χ3n) is 4.44. The number of benzene rings is 2. The Bertz CT molecular complexity index is 884. The average molecular weight is 532 g/mol. The number of piperazine rings is 1. The predicted octanol–water partition coefficient (Wildman–Crippen LogP) is 9.64. The molecule has 0 radical (unpaired) electrons. The van der Waals surface area contributed by atoms with Crippen molar-refractivity contribution in [1.29, 1.82) is 0 Å². The van der Waals surface area contributed by atoms with Crippen molar-refractivity contribution in [1.82, 2.24) is 4.31 Å². The zero-order valence-corrected chi connectivity index (χ0v) is 22.5. The van der Waals surface area contributed by atoms with Gasteiger partial charge in [-0.05, 0) is 65.2 Å². The number of anilines is 1. The molecule has 0 aliphatic carbocycles. The highest BCUT2D eigenvalue weighted by molar-refractivity contribution is 8.00. The highest BCUT2D eigenvalue weighted by Crippen LogP contribution is 2.38. The van der Waals surface area contributed by atoms with Crippen LogP contribution in [0.15, 0.2) is 78.2 Å². The average Bonchev–Trinajstić information content (AvgIpc) is 2.77. The van der Waals surface area contributed by atoms with Crippen molar-refractivity contribution in [3.63, 3.8) is 0 Å². The first-order valence-electron chi connectivity index (χ1n) is 10.3. The van der Waals surface area contributed by atoms with Crippen molar-refractivity contribution in [3.05, 3.63) is 98.8 Å². The molecule has 1 heterocycles. The molecular weight excluding hydrogens is 502 g/mol. The van der Waals surface area contributed by atoms with E-state index in [-0.39, 0.29) is 6.04 Å². The molecule has 32 heavy (non-hydrogen) atoms. The molecule has 0 N–H and O–H groups in total. The fraction of sp³-hybridized carbons (Fsp3) is 0.280. The molecule has 1 atom stereocenters. The van der Waals surface area contributed by atoms with Gasteiger partial charge in [0.2, 0.25) is 0 Å². The lowest BCUT2D eigenvalue weighted by molar-refractivity contribution is 0.367. The molecule has 1 fully saturated rings. The third-order valence-corrected chi connectivity index (χ3v) is 6.25. The van der Waals surface area contributed by atoms with Crippen LogP contribution in [-0.4, -0.2) is 23.9 Å². The van der Waals surface area contributed by atoms with Gasteiger partial charge in [-0.2, -0.15) is 0 Å². The summed E-state index contributed by atoms with van der Waals surface area (Å²) in [6, 6.07) is 13.9. The Kier molecular flexibility index (Phi) is 14.2. The zero-order valence-electron chi connectivity index (χ0n) is 18.7. The smallest absolute Gasteiger partial charge is 0.0680 e. The van der Waals surface area contributed by atoms with Gasteiger partial charge in [0.25, 0.3) is 0 Å². The number of allylic oxidation sites excluding steroid dienone is 3. The fourth-order valence-corrected chi connectivity index (χ4v) is 4.81. The van der Waals surface area contributed by atoms with Crippen LogP contribution in [-0.2, 0) is 0 Å². The Hall–Kier alpha value is -1.07. The van der Waals surface area contributed by atoms with Crippen LogP contribution < -0.4 is 4.90 Å². The van der Waals surface area contributed by atoms with E-state index in [1.165, 1.54) is 16.0 Å². The van der Waals surface area contributed by atoms with Crippen molar-refractivity contribution >= 4 is 64.0 Å². The summed E-state index contributed by atoms with van der Waals surface area (Å²) in [5.74, 6) is 0. The molecule has 1 aliphatic heterocycles. The molecule has 2 aromatic carbocycles. The van der Waals surface area contributed by atoms with Gasteiger partial charge in [-0.1, -0.05) is 97.7 Å². The normalized spacial score (nSPS) is 16.3. The Balaban J connectivity index is 0.000000944. The van der Waals surface area contributed by atoms with Crippen molar-refractivity contribution in [2.45, 2.75) is 26.8 Å². The molecule has 0 bridgehead atoms. The summed E-state index contributed by atoms with van der Waals surface area (Å²) >= 11 is 25.2. The largest absolute Gasteiger partial charge is 0.361 e. The summed E-state index contributed by atoms with van der Waals surface area (Å²) in [5.41, 5.74) is 3.44. The van der Waals surface area contributed by atoms with E-state index in [9.17, 15) is 0 Å².